The Kier molecular flexibility index (Phi) is 1.85. The van der Waals surface area contributed by atoms with Crippen molar-refractivity contribution in [3.8, 4) is 0 Å². The standard InChI is InChI=1S/C13H21NO2/c1-3-11(4-1)9-14-13(7-8-15-10-13)16-12(11)5-2-6-12/h14H,1-10H2. The smallest absolute Gasteiger partial charge is 0.145 e. The summed E-state index contributed by atoms with van der Waals surface area (Å²) in [7, 11) is 0. The number of hydrogen-bond donors (Lipinski definition) is 1. The molecule has 1 N–H and O–H groups in total. The first-order chi connectivity index (χ1) is 7.79. The molecule has 0 amide bonds. The van der Waals surface area contributed by atoms with Gasteiger partial charge in [-0.15, -0.1) is 0 Å². The van der Waals surface area contributed by atoms with Crippen molar-refractivity contribution in [3.63, 3.8) is 0 Å². The van der Waals surface area contributed by atoms with Gasteiger partial charge < -0.3 is 9.47 Å². The van der Waals surface area contributed by atoms with Crippen molar-refractivity contribution in [3.05, 3.63) is 0 Å². The van der Waals surface area contributed by atoms with Gasteiger partial charge in [-0.2, -0.15) is 0 Å². The molecule has 0 bridgehead atoms. The number of rotatable bonds is 0. The van der Waals surface area contributed by atoms with Crippen molar-refractivity contribution in [2.75, 3.05) is 19.8 Å². The summed E-state index contributed by atoms with van der Waals surface area (Å²) in [5.74, 6) is 0. The van der Waals surface area contributed by atoms with E-state index in [1.54, 1.807) is 0 Å². The lowest BCUT2D eigenvalue weighted by Gasteiger charge is -2.66. The first-order valence-corrected chi connectivity index (χ1v) is 6.81. The highest BCUT2D eigenvalue weighted by molar-refractivity contribution is 5.14. The van der Waals surface area contributed by atoms with E-state index >= 15 is 0 Å². The van der Waals surface area contributed by atoms with Crippen LogP contribution in [0.5, 0.6) is 0 Å². The average molecular weight is 223 g/mol. The molecule has 3 heteroatoms. The van der Waals surface area contributed by atoms with E-state index < -0.39 is 0 Å². The van der Waals surface area contributed by atoms with E-state index in [1.807, 2.05) is 0 Å². The van der Waals surface area contributed by atoms with Crippen LogP contribution >= 0.6 is 0 Å². The maximum Gasteiger partial charge on any atom is 0.145 e. The lowest BCUT2D eigenvalue weighted by atomic mass is 9.51. The largest absolute Gasteiger partial charge is 0.377 e. The zero-order valence-corrected chi connectivity index (χ0v) is 9.89. The molecule has 2 aliphatic heterocycles. The van der Waals surface area contributed by atoms with Crippen molar-refractivity contribution < 1.29 is 9.47 Å². The van der Waals surface area contributed by atoms with E-state index in [1.165, 1.54) is 38.5 Å². The van der Waals surface area contributed by atoms with E-state index in [-0.39, 0.29) is 11.3 Å². The molecule has 1 atom stereocenters. The van der Waals surface area contributed by atoms with E-state index in [4.69, 9.17) is 9.47 Å². The summed E-state index contributed by atoms with van der Waals surface area (Å²) < 4.78 is 12.1. The summed E-state index contributed by atoms with van der Waals surface area (Å²) >= 11 is 0. The van der Waals surface area contributed by atoms with E-state index in [2.05, 4.69) is 5.32 Å². The van der Waals surface area contributed by atoms with E-state index in [9.17, 15) is 0 Å². The minimum atomic E-state index is -0.124. The summed E-state index contributed by atoms with van der Waals surface area (Å²) in [5, 5.41) is 3.66. The van der Waals surface area contributed by atoms with Crippen LogP contribution in [0.25, 0.3) is 0 Å². The van der Waals surface area contributed by atoms with Gasteiger partial charge in [0.05, 0.1) is 18.8 Å². The summed E-state index contributed by atoms with van der Waals surface area (Å²) in [4.78, 5) is 0. The SMILES string of the molecule is C1CC2(C1)CNC1(CCOC1)OC21CCC1. The molecule has 0 radical (unpaired) electrons. The van der Waals surface area contributed by atoms with Crippen LogP contribution in [-0.2, 0) is 9.47 Å². The number of hydrogen-bond acceptors (Lipinski definition) is 3. The topological polar surface area (TPSA) is 30.5 Å². The monoisotopic (exact) mass is 223 g/mol. The van der Waals surface area contributed by atoms with Crippen molar-refractivity contribution in [2.24, 2.45) is 5.41 Å². The van der Waals surface area contributed by atoms with Gasteiger partial charge in [0.2, 0.25) is 0 Å². The lowest BCUT2D eigenvalue weighted by Crippen LogP contribution is -2.73. The van der Waals surface area contributed by atoms with Crippen molar-refractivity contribution in [2.45, 2.75) is 56.3 Å². The molecule has 4 rings (SSSR count). The Morgan fingerprint density at radius 2 is 1.75 bits per heavy atom. The summed E-state index contributed by atoms with van der Waals surface area (Å²) in [6.07, 6.45) is 9.11. The predicted octanol–water partition coefficient (Wildman–Crippen LogP) is 1.82. The molecule has 16 heavy (non-hydrogen) atoms. The van der Waals surface area contributed by atoms with Crippen LogP contribution in [0.15, 0.2) is 0 Å². The Labute approximate surface area is 96.9 Å². The van der Waals surface area contributed by atoms with Crippen LogP contribution in [0, 0.1) is 5.41 Å². The van der Waals surface area contributed by atoms with E-state index in [0.29, 0.717) is 5.41 Å². The molecule has 0 aromatic heterocycles. The second-order valence-electron chi connectivity index (χ2n) is 6.23. The Balaban J connectivity index is 1.63. The van der Waals surface area contributed by atoms with Gasteiger partial charge in [-0.05, 0) is 32.1 Å². The third kappa shape index (κ3) is 1.05. The fourth-order valence-electron chi connectivity index (χ4n) is 4.14. The van der Waals surface area contributed by atoms with Gasteiger partial charge in [-0.1, -0.05) is 6.42 Å². The first-order valence-electron chi connectivity index (χ1n) is 6.81. The van der Waals surface area contributed by atoms with E-state index in [0.717, 1.165) is 26.2 Å². The van der Waals surface area contributed by atoms with Crippen LogP contribution < -0.4 is 5.32 Å². The van der Waals surface area contributed by atoms with Gasteiger partial charge in [0, 0.05) is 18.4 Å². The molecule has 0 aromatic rings. The fraction of sp³-hybridized carbons (Fsp3) is 1.00. The van der Waals surface area contributed by atoms with Gasteiger partial charge in [-0.25, -0.2) is 0 Å². The van der Waals surface area contributed by atoms with Gasteiger partial charge in [-0.3, -0.25) is 5.32 Å². The highest BCUT2D eigenvalue weighted by Gasteiger charge is 2.64. The van der Waals surface area contributed by atoms with Crippen molar-refractivity contribution >= 4 is 0 Å². The average Bonchev–Trinajstić information content (AvgIpc) is 2.62. The zero-order valence-electron chi connectivity index (χ0n) is 9.89. The molecular weight excluding hydrogens is 202 g/mol. The maximum absolute atomic E-state index is 6.58. The van der Waals surface area contributed by atoms with Gasteiger partial charge in [0.25, 0.3) is 0 Å². The third-order valence-electron chi connectivity index (χ3n) is 5.56. The van der Waals surface area contributed by atoms with Crippen molar-refractivity contribution in [1.29, 1.82) is 0 Å². The van der Waals surface area contributed by atoms with Crippen LogP contribution in [0.4, 0.5) is 0 Å². The molecule has 4 aliphatic rings. The molecule has 4 fully saturated rings. The third-order valence-corrected chi connectivity index (χ3v) is 5.56. The normalized spacial score (nSPS) is 43.5. The van der Waals surface area contributed by atoms with Gasteiger partial charge in [0.1, 0.15) is 5.72 Å². The zero-order chi connectivity index (χ0) is 10.7. The molecule has 2 aliphatic carbocycles. The number of nitrogens with one attached hydrogen (secondary N) is 1. The lowest BCUT2D eigenvalue weighted by molar-refractivity contribution is -0.304. The number of ether oxygens (including phenoxy) is 2. The quantitative estimate of drug-likeness (QED) is 0.679. The van der Waals surface area contributed by atoms with Crippen LogP contribution in [0.2, 0.25) is 0 Å². The second-order valence-corrected chi connectivity index (χ2v) is 6.23. The summed E-state index contributed by atoms with van der Waals surface area (Å²) in [6, 6.07) is 0. The Morgan fingerprint density at radius 3 is 2.25 bits per heavy atom. The number of fused-ring (bicyclic) bond motifs is 1. The second kappa shape index (κ2) is 3.01. The molecule has 3 nitrogen and oxygen atoms in total. The minimum Gasteiger partial charge on any atom is -0.377 e. The van der Waals surface area contributed by atoms with Crippen molar-refractivity contribution in [1.82, 2.24) is 5.32 Å². The Morgan fingerprint density at radius 1 is 0.938 bits per heavy atom. The molecule has 2 heterocycles. The summed E-state index contributed by atoms with van der Waals surface area (Å²) in [6.45, 7) is 2.78. The maximum atomic E-state index is 6.58. The molecule has 3 spiro atoms. The highest BCUT2D eigenvalue weighted by Crippen LogP contribution is 2.62. The molecule has 0 aromatic carbocycles. The first kappa shape index (κ1) is 9.86. The Hall–Kier alpha value is -0.120. The summed E-state index contributed by atoms with van der Waals surface area (Å²) in [5.41, 5.74) is 0.588. The highest BCUT2D eigenvalue weighted by atomic mass is 16.6. The van der Waals surface area contributed by atoms with Gasteiger partial charge >= 0.3 is 0 Å². The van der Waals surface area contributed by atoms with Crippen LogP contribution in [-0.4, -0.2) is 31.1 Å². The minimum absolute atomic E-state index is 0.124. The molecular formula is C13H21NO2. The molecule has 90 valence electrons. The molecule has 2 saturated heterocycles. The molecule has 2 saturated carbocycles. The fourth-order valence-corrected chi connectivity index (χ4v) is 4.14. The van der Waals surface area contributed by atoms with Crippen LogP contribution in [0.3, 0.4) is 0 Å². The predicted molar refractivity (Wildman–Crippen MR) is 60.1 cm³/mol. The van der Waals surface area contributed by atoms with Gasteiger partial charge in [0.15, 0.2) is 0 Å². The Bertz CT molecular complexity index is 301. The molecule has 1 unspecified atom stereocenters. The van der Waals surface area contributed by atoms with Crippen LogP contribution in [0.1, 0.15) is 44.9 Å².